The molecule has 2 aromatic carbocycles. The normalized spacial score (nSPS) is 14.0. The Morgan fingerprint density at radius 2 is 1.70 bits per heavy atom. The highest BCUT2D eigenvalue weighted by Gasteiger charge is 2.25. The van der Waals surface area contributed by atoms with E-state index in [9.17, 15) is 18.4 Å². The van der Waals surface area contributed by atoms with Crippen molar-refractivity contribution in [2.75, 3.05) is 30.5 Å². The van der Waals surface area contributed by atoms with Crippen molar-refractivity contribution in [3.05, 3.63) is 89.0 Å². The topological polar surface area (TPSA) is 105 Å². The molecule has 0 saturated carbocycles. The Balaban J connectivity index is 1.39. The van der Waals surface area contributed by atoms with E-state index in [1.165, 1.54) is 24.4 Å². The SMILES string of the molecule is CCc1cccc(CC)c1NC(=O)c1cc(-c2ccnc(N(OC(F)F)c3ccc(C(=O)NC4CCN(C)CC4)cc3F)n2)n(C)c1. The van der Waals surface area contributed by atoms with Gasteiger partial charge in [-0.3, -0.25) is 9.59 Å². The number of alkyl halides is 2. The van der Waals surface area contributed by atoms with Gasteiger partial charge in [0.1, 0.15) is 11.5 Å². The average Bonchev–Trinajstić information content (AvgIpc) is 3.46. The molecule has 2 amide bonds. The van der Waals surface area contributed by atoms with E-state index in [0.29, 0.717) is 16.3 Å². The number of benzene rings is 2. The predicted octanol–water partition coefficient (Wildman–Crippen LogP) is 6.11. The van der Waals surface area contributed by atoms with Crippen molar-refractivity contribution in [1.82, 2.24) is 24.8 Å². The minimum atomic E-state index is -3.33. The largest absolute Gasteiger partial charge is 0.365 e. The molecule has 248 valence electrons. The Morgan fingerprint density at radius 1 is 1.00 bits per heavy atom. The number of anilines is 3. The van der Waals surface area contributed by atoms with Crippen LogP contribution in [-0.2, 0) is 24.7 Å². The molecule has 47 heavy (non-hydrogen) atoms. The van der Waals surface area contributed by atoms with Gasteiger partial charge in [0.15, 0.2) is 0 Å². The standard InChI is InChI=1S/C34H38F3N7O3/c1-5-21-8-7-9-22(6-2)30(21)41-32(46)24-19-29(43(4)20-24)27-12-15-38-34(40-27)44(47-33(36)37)28-11-10-23(18-26(28)35)31(45)39-25-13-16-42(3)17-14-25/h7-12,15,18-20,25,33H,5-6,13-14,16-17H2,1-4H3,(H,39,45)(H,41,46). The number of amides is 2. The van der Waals surface area contributed by atoms with Crippen molar-refractivity contribution < 1.29 is 27.6 Å². The van der Waals surface area contributed by atoms with Gasteiger partial charge in [-0.05, 0) is 87.3 Å². The maximum absolute atomic E-state index is 15.4. The lowest BCUT2D eigenvalue weighted by Gasteiger charge is -2.29. The van der Waals surface area contributed by atoms with Crippen LogP contribution in [0.4, 0.5) is 30.5 Å². The lowest BCUT2D eigenvalue weighted by Crippen LogP contribution is -2.43. The summed E-state index contributed by atoms with van der Waals surface area (Å²) in [4.78, 5) is 41.4. The van der Waals surface area contributed by atoms with E-state index in [4.69, 9.17) is 0 Å². The van der Waals surface area contributed by atoms with E-state index in [0.717, 1.165) is 61.7 Å². The first-order chi connectivity index (χ1) is 22.6. The summed E-state index contributed by atoms with van der Waals surface area (Å²) in [5.41, 5.74) is 3.57. The first-order valence-corrected chi connectivity index (χ1v) is 15.5. The zero-order valence-electron chi connectivity index (χ0n) is 26.8. The van der Waals surface area contributed by atoms with Crippen molar-refractivity contribution in [1.29, 1.82) is 0 Å². The Labute approximate surface area is 271 Å². The smallest absolute Gasteiger partial charge is 0.349 e. The zero-order valence-corrected chi connectivity index (χ0v) is 26.8. The first-order valence-electron chi connectivity index (χ1n) is 15.5. The van der Waals surface area contributed by atoms with Gasteiger partial charge in [-0.25, -0.2) is 14.4 Å². The molecule has 1 saturated heterocycles. The van der Waals surface area contributed by atoms with Crippen LogP contribution in [0.3, 0.4) is 0 Å². The van der Waals surface area contributed by atoms with Crippen LogP contribution in [0.1, 0.15) is 58.5 Å². The van der Waals surface area contributed by atoms with Gasteiger partial charge in [0, 0.05) is 36.7 Å². The number of piperidine rings is 1. The summed E-state index contributed by atoms with van der Waals surface area (Å²) >= 11 is 0. The number of aryl methyl sites for hydroxylation is 3. The van der Waals surface area contributed by atoms with E-state index in [1.807, 2.05) is 39.1 Å². The van der Waals surface area contributed by atoms with E-state index in [2.05, 4.69) is 30.3 Å². The summed E-state index contributed by atoms with van der Waals surface area (Å²) in [6, 6.07) is 12.5. The lowest BCUT2D eigenvalue weighted by molar-refractivity contribution is -0.130. The molecular weight excluding hydrogens is 611 g/mol. The minimum absolute atomic E-state index is 0.0405. The summed E-state index contributed by atoms with van der Waals surface area (Å²) in [7, 11) is 3.72. The lowest BCUT2D eigenvalue weighted by atomic mass is 10.0. The maximum Gasteiger partial charge on any atom is 0.365 e. The number of para-hydroxylation sites is 1. The molecule has 4 aromatic rings. The molecule has 10 nitrogen and oxygen atoms in total. The van der Waals surface area contributed by atoms with E-state index in [-0.39, 0.29) is 29.2 Å². The van der Waals surface area contributed by atoms with Crippen LogP contribution in [0.5, 0.6) is 0 Å². The fraction of sp³-hybridized carbons (Fsp3) is 0.353. The average molecular weight is 650 g/mol. The van der Waals surface area contributed by atoms with Gasteiger partial charge >= 0.3 is 6.61 Å². The Hall–Kier alpha value is -4.75. The van der Waals surface area contributed by atoms with Crippen LogP contribution < -0.4 is 15.7 Å². The van der Waals surface area contributed by atoms with Gasteiger partial charge in [-0.15, -0.1) is 0 Å². The van der Waals surface area contributed by atoms with Gasteiger partial charge in [0.25, 0.3) is 17.8 Å². The Kier molecular flexibility index (Phi) is 10.6. The molecule has 0 radical (unpaired) electrons. The number of carbonyl (C=O) groups is 2. The fourth-order valence-electron chi connectivity index (χ4n) is 5.65. The number of hydrogen-bond donors (Lipinski definition) is 2. The number of rotatable bonds is 11. The van der Waals surface area contributed by atoms with Crippen molar-refractivity contribution in [2.45, 2.75) is 52.2 Å². The number of halogens is 3. The zero-order chi connectivity index (χ0) is 33.7. The predicted molar refractivity (Wildman–Crippen MR) is 173 cm³/mol. The van der Waals surface area contributed by atoms with Crippen molar-refractivity contribution >= 4 is 29.1 Å². The highest BCUT2D eigenvalue weighted by atomic mass is 19.3. The molecule has 1 aliphatic heterocycles. The molecule has 1 fully saturated rings. The molecule has 0 atom stereocenters. The van der Waals surface area contributed by atoms with Gasteiger partial charge < -0.3 is 20.1 Å². The van der Waals surface area contributed by atoms with E-state index in [1.54, 1.807) is 23.9 Å². The minimum Gasteiger partial charge on any atom is -0.349 e. The molecule has 5 rings (SSSR count). The monoisotopic (exact) mass is 649 g/mol. The van der Waals surface area contributed by atoms with E-state index >= 15 is 4.39 Å². The third-order valence-corrected chi connectivity index (χ3v) is 8.26. The second-order valence-corrected chi connectivity index (χ2v) is 11.5. The summed E-state index contributed by atoms with van der Waals surface area (Å²) in [6.45, 7) is 2.38. The van der Waals surface area contributed by atoms with Crippen LogP contribution in [0.2, 0.25) is 0 Å². The number of aromatic nitrogens is 3. The Bertz CT molecular complexity index is 1720. The van der Waals surface area contributed by atoms with Gasteiger partial charge in [-0.2, -0.15) is 18.7 Å². The maximum atomic E-state index is 15.4. The highest BCUT2D eigenvalue weighted by Crippen LogP contribution is 2.30. The molecule has 0 spiro atoms. The van der Waals surface area contributed by atoms with Crippen molar-refractivity contribution in [3.8, 4) is 11.4 Å². The van der Waals surface area contributed by atoms with Crippen LogP contribution in [0, 0.1) is 5.82 Å². The van der Waals surface area contributed by atoms with Crippen LogP contribution in [0.25, 0.3) is 11.4 Å². The second-order valence-electron chi connectivity index (χ2n) is 11.5. The number of likely N-dealkylation sites (tertiary alicyclic amines) is 1. The third-order valence-electron chi connectivity index (χ3n) is 8.26. The molecule has 13 heteroatoms. The van der Waals surface area contributed by atoms with Crippen LogP contribution in [0.15, 0.2) is 60.9 Å². The quantitative estimate of drug-likeness (QED) is 0.189. The molecule has 3 heterocycles. The molecule has 0 bridgehead atoms. The second kappa shape index (κ2) is 14.8. The van der Waals surface area contributed by atoms with Gasteiger partial charge in [0.2, 0.25) is 0 Å². The number of carbonyl (C=O) groups excluding carboxylic acids is 2. The summed E-state index contributed by atoms with van der Waals surface area (Å²) < 4.78 is 44.3. The van der Waals surface area contributed by atoms with Crippen LogP contribution >= 0.6 is 0 Å². The van der Waals surface area contributed by atoms with Crippen molar-refractivity contribution in [2.24, 2.45) is 7.05 Å². The molecule has 2 N–H and O–H groups in total. The summed E-state index contributed by atoms with van der Waals surface area (Å²) in [5.74, 6) is -2.13. The van der Waals surface area contributed by atoms with Gasteiger partial charge in [-0.1, -0.05) is 32.0 Å². The van der Waals surface area contributed by atoms with Crippen molar-refractivity contribution in [3.63, 3.8) is 0 Å². The summed E-state index contributed by atoms with van der Waals surface area (Å²) in [5, 5.41) is 6.44. The highest BCUT2D eigenvalue weighted by molar-refractivity contribution is 6.05. The van der Waals surface area contributed by atoms with Gasteiger partial charge in [0.05, 0.1) is 17.0 Å². The molecule has 1 aliphatic rings. The summed E-state index contributed by atoms with van der Waals surface area (Å²) in [6.07, 6.45) is 5.99. The number of nitrogens with one attached hydrogen (secondary N) is 2. The molecular formula is C34H38F3N7O3. The molecule has 0 aliphatic carbocycles. The van der Waals surface area contributed by atoms with Crippen LogP contribution in [-0.4, -0.2) is 64.0 Å². The first kappa shape index (κ1) is 33.6. The Morgan fingerprint density at radius 3 is 2.34 bits per heavy atom. The number of nitrogens with zero attached hydrogens (tertiary/aromatic N) is 5. The molecule has 0 unspecified atom stereocenters. The van der Waals surface area contributed by atoms with E-state index < -0.39 is 24.0 Å². The third kappa shape index (κ3) is 7.80. The fourth-order valence-corrected chi connectivity index (χ4v) is 5.65. The molecule has 2 aromatic heterocycles. The number of hydrogen-bond acceptors (Lipinski definition) is 7.